The van der Waals surface area contributed by atoms with Gasteiger partial charge in [0.25, 0.3) is 0 Å². The topological polar surface area (TPSA) is 48.4 Å². The fraction of sp³-hybridized carbons (Fsp3) is 0.444. The lowest BCUT2D eigenvalue weighted by Crippen LogP contribution is -2.31. The molecule has 21 heavy (non-hydrogen) atoms. The number of aryl methyl sites for hydroxylation is 3. The molecular formula is C18H23NO2. The third-order valence-electron chi connectivity index (χ3n) is 4.23. The molecular weight excluding hydrogens is 262 g/mol. The normalized spacial score (nSPS) is 16.5. The fourth-order valence-electron chi connectivity index (χ4n) is 2.94. The first-order valence-corrected chi connectivity index (χ1v) is 7.77. The molecule has 0 saturated carbocycles. The minimum Gasteiger partial charge on any atom is -0.481 e. The molecule has 3 nitrogen and oxygen atoms in total. The zero-order chi connectivity index (χ0) is 14.8. The first kappa shape index (κ1) is 14.2. The van der Waals surface area contributed by atoms with Gasteiger partial charge >= 0.3 is 0 Å². The molecule has 2 aromatic rings. The molecule has 1 aliphatic carbocycles. The van der Waals surface area contributed by atoms with Crippen LogP contribution in [0.15, 0.2) is 34.7 Å². The summed E-state index contributed by atoms with van der Waals surface area (Å²) >= 11 is 0. The number of rotatable bonds is 5. The molecule has 0 saturated heterocycles. The number of fused-ring (bicyclic) bond motifs is 1. The fourth-order valence-corrected chi connectivity index (χ4v) is 2.94. The molecule has 0 spiro atoms. The molecule has 2 atom stereocenters. The lowest BCUT2D eigenvalue weighted by Gasteiger charge is -2.23. The second-order valence-electron chi connectivity index (χ2n) is 5.84. The van der Waals surface area contributed by atoms with E-state index in [1.165, 1.54) is 24.0 Å². The molecule has 1 aromatic heterocycles. The maximum Gasteiger partial charge on any atom is 0.171 e. The molecule has 2 unspecified atom stereocenters. The van der Waals surface area contributed by atoms with Crippen LogP contribution < -0.4 is 10.5 Å². The minimum absolute atomic E-state index is 0.0798. The van der Waals surface area contributed by atoms with E-state index in [9.17, 15) is 0 Å². The Morgan fingerprint density at radius 2 is 2.00 bits per heavy atom. The van der Waals surface area contributed by atoms with E-state index in [-0.39, 0.29) is 12.1 Å². The summed E-state index contributed by atoms with van der Waals surface area (Å²) in [4.78, 5) is 0. The van der Waals surface area contributed by atoms with E-state index in [0.717, 1.165) is 30.1 Å². The molecule has 0 bridgehead atoms. The van der Waals surface area contributed by atoms with Crippen molar-refractivity contribution in [1.82, 2.24) is 0 Å². The highest BCUT2D eigenvalue weighted by Crippen LogP contribution is 2.31. The lowest BCUT2D eigenvalue weighted by atomic mass is 10.1. The van der Waals surface area contributed by atoms with Crippen LogP contribution in [0.3, 0.4) is 0 Å². The molecule has 3 rings (SSSR count). The van der Waals surface area contributed by atoms with E-state index in [4.69, 9.17) is 14.9 Å². The van der Waals surface area contributed by atoms with Crippen LogP contribution in [0.25, 0.3) is 0 Å². The smallest absolute Gasteiger partial charge is 0.171 e. The van der Waals surface area contributed by atoms with Crippen molar-refractivity contribution in [3.05, 3.63) is 53.0 Å². The van der Waals surface area contributed by atoms with E-state index in [0.29, 0.717) is 0 Å². The van der Waals surface area contributed by atoms with Gasteiger partial charge in [0.05, 0.1) is 0 Å². The van der Waals surface area contributed by atoms with Crippen LogP contribution in [0.2, 0.25) is 0 Å². The van der Waals surface area contributed by atoms with Gasteiger partial charge in [-0.3, -0.25) is 0 Å². The Kier molecular flexibility index (Phi) is 4.02. The van der Waals surface area contributed by atoms with Crippen LogP contribution in [0.4, 0.5) is 0 Å². The van der Waals surface area contributed by atoms with E-state index >= 15 is 0 Å². The van der Waals surface area contributed by atoms with Crippen LogP contribution in [-0.4, -0.2) is 6.04 Å². The monoisotopic (exact) mass is 285 g/mol. The van der Waals surface area contributed by atoms with Crippen molar-refractivity contribution in [2.75, 3.05) is 0 Å². The average molecular weight is 285 g/mol. The minimum atomic E-state index is -0.233. The Balaban J connectivity index is 1.84. The Labute approximate surface area is 126 Å². The molecule has 0 amide bonds. The maximum absolute atomic E-state index is 6.23. The Morgan fingerprint density at radius 3 is 2.71 bits per heavy atom. The average Bonchev–Trinajstić information content (AvgIpc) is 3.12. The van der Waals surface area contributed by atoms with Gasteiger partial charge in [-0.25, -0.2) is 0 Å². The third-order valence-corrected chi connectivity index (χ3v) is 4.23. The van der Waals surface area contributed by atoms with Gasteiger partial charge in [-0.1, -0.05) is 13.0 Å². The summed E-state index contributed by atoms with van der Waals surface area (Å²) < 4.78 is 11.9. The van der Waals surface area contributed by atoms with Crippen LogP contribution in [-0.2, 0) is 12.8 Å². The SMILES string of the molecule is CCC(N)C(Oc1ccc2c(c1)CCC2)c1ccc(C)o1. The molecule has 0 fully saturated rings. The molecule has 1 heterocycles. The summed E-state index contributed by atoms with van der Waals surface area (Å²) in [7, 11) is 0. The van der Waals surface area contributed by atoms with Gasteiger partial charge in [-0.05, 0) is 68.0 Å². The van der Waals surface area contributed by atoms with E-state index in [2.05, 4.69) is 25.1 Å². The molecule has 1 aliphatic rings. The van der Waals surface area contributed by atoms with Crippen molar-refractivity contribution in [1.29, 1.82) is 0 Å². The summed E-state index contributed by atoms with van der Waals surface area (Å²) in [6.45, 7) is 4.01. The number of hydrogen-bond donors (Lipinski definition) is 1. The quantitative estimate of drug-likeness (QED) is 0.905. The van der Waals surface area contributed by atoms with Crippen molar-refractivity contribution >= 4 is 0 Å². The van der Waals surface area contributed by atoms with Crippen molar-refractivity contribution in [2.24, 2.45) is 5.73 Å². The molecule has 1 aromatic carbocycles. The Hall–Kier alpha value is -1.74. The number of nitrogens with two attached hydrogens (primary N) is 1. The summed E-state index contributed by atoms with van der Waals surface area (Å²) in [5, 5.41) is 0. The first-order chi connectivity index (χ1) is 10.2. The van der Waals surface area contributed by atoms with Crippen molar-refractivity contribution in [3.8, 4) is 5.75 Å². The van der Waals surface area contributed by atoms with Gasteiger partial charge in [0.15, 0.2) is 6.10 Å². The molecule has 2 N–H and O–H groups in total. The highest BCUT2D eigenvalue weighted by Gasteiger charge is 2.24. The van der Waals surface area contributed by atoms with Crippen LogP contribution >= 0.6 is 0 Å². The van der Waals surface area contributed by atoms with E-state index in [1.54, 1.807) is 0 Å². The van der Waals surface area contributed by atoms with Crippen LogP contribution in [0.5, 0.6) is 5.75 Å². The van der Waals surface area contributed by atoms with Crippen molar-refractivity contribution < 1.29 is 9.15 Å². The first-order valence-electron chi connectivity index (χ1n) is 7.77. The molecule has 3 heteroatoms. The Bertz CT molecular complexity index is 617. The van der Waals surface area contributed by atoms with Gasteiger partial charge in [0.1, 0.15) is 17.3 Å². The zero-order valence-corrected chi connectivity index (χ0v) is 12.8. The van der Waals surface area contributed by atoms with E-state index in [1.807, 2.05) is 19.1 Å². The van der Waals surface area contributed by atoms with Crippen LogP contribution in [0, 0.1) is 6.92 Å². The highest BCUT2D eigenvalue weighted by molar-refractivity contribution is 5.38. The van der Waals surface area contributed by atoms with Gasteiger partial charge in [-0.2, -0.15) is 0 Å². The Morgan fingerprint density at radius 1 is 1.19 bits per heavy atom. The number of hydrogen-bond acceptors (Lipinski definition) is 3. The number of benzene rings is 1. The zero-order valence-electron chi connectivity index (χ0n) is 12.8. The van der Waals surface area contributed by atoms with Crippen LogP contribution in [0.1, 0.15) is 48.5 Å². The second kappa shape index (κ2) is 5.94. The maximum atomic E-state index is 6.23. The standard InChI is InChI=1S/C18H23NO2/c1-3-16(19)18(17-10-7-12(2)20-17)21-15-9-8-13-5-4-6-14(13)11-15/h7-11,16,18H,3-6,19H2,1-2H3. The number of ether oxygens (including phenoxy) is 1. The molecule has 0 radical (unpaired) electrons. The summed E-state index contributed by atoms with van der Waals surface area (Å²) in [5.74, 6) is 2.58. The lowest BCUT2D eigenvalue weighted by molar-refractivity contribution is 0.143. The largest absolute Gasteiger partial charge is 0.481 e. The van der Waals surface area contributed by atoms with Gasteiger partial charge in [-0.15, -0.1) is 0 Å². The van der Waals surface area contributed by atoms with Gasteiger partial charge in [0.2, 0.25) is 0 Å². The number of furan rings is 1. The van der Waals surface area contributed by atoms with Gasteiger partial charge < -0.3 is 14.9 Å². The highest BCUT2D eigenvalue weighted by atomic mass is 16.5. The van der Waals surface area contributed by atoms with Crippen molar-refractivity contribution in [2.45, 2.75) is 51.7 Å². The van der Waals surface area contributed by atoms with Gasteiger partial charge in [0, 0.05) is 6.04 Å². The summed E-state index contributed by atoms with van der Waals surface area (Å²) in [5.41, 5.74) is 9.09. The molecule has 112 valence electrons. The summed E-state index contributed by atoms with van der Waals surface area (Å²) in [6.07, 6.45) is 4.19. The molecule has 0 aliphatic heterocycles. The predicted molar refractivity (Wildman–Crippen MR) is 83.5 cm³/mol. The summed E-state index contributed by atoms with van der Waals surface area (Å²) in [6, 6.07) is 10.2. The second-order valence-corrected chi connectivity index (χ2v) is 5.84. The van der Waals surface area contributed by atoms with E-state index < -0.39 is 0 Å². The van der Waals surface area contributed by atoms with Crippen molar-refractivity contribution in [3.63, 3.8) is 0 Å². The third kappa shape index (κ3) is 2.98. The predicted octanol–water partition coefficient (Wildman–Crippen LogP) is 3.93.